The second-order valence-corrected chi connectivity index (χ2v) is 6.66. The molecule has 0 aliphatic rings. The van der Waals surface area contributed by atoms with E-state index in [9.17, 15) is 24.5 Å². The highest BCUT2D eigenvalue weighted by Crippen LogP contribution is 2.34. The van der Waals surface area contributed by atoms with Gasteiger partial charge in [0.15, 0.2) is 6.10 Å². The lowest BCUT2D eigenvalue weighted by molar-refractivity contribution is -0.386. The number of para-hydroxylation sites is 1. The van der Waals surface area contributed by atoms with Crippen LogP contribution < -0.4 is 16.0 Å². The van der Waals surface area contributed by atoms with E-state index in [1.54, 1.807) is 18.2 Å². The molecule has 0 saturated heterocycles. The summed E-state index contributed by atoms with van der Waals surface area (Å²) in [6.07, 6.45) is -0.187. The van der Waals surface area contributed by atoms with Crippen LogP contribution in [0.3, 0.4) is 0 Å². The topological polar surface area (TPSA) is 146 Å². The molecule has 1 atom stereocenters. The number of ether oxygens (including phenoxy) is 2. The van der Waals surface area contributed by atoms with Crippen LogP contribution in [0.4, 0.5) is 5.69 Å². The Hall–Kier alpha value is -3.99. The van der Waals surface area contributed by atoms with Crippen LogP contribution in [0.5, 0.6) is 5.75 Å². The average molecular weight is 447 g/mol. The number of hydrogen-bond acceptors (Lipinski definition) is 8. The van der Waals surface area contributed by atoms with E-state index in [4.69, 9.17) is 16.3 Å². The Kier molecular flexibility index (Phi) is 6.16. The Morgan fingerprint density at radius 1 is 1.32 bits per heavy atom. The van der Waals surface area contributed by atoms with E-state index in [1.165, 1.54) is 19.1 Å². The molecule has 31 heavy (non-hydrogen) atoms. The summed E-state index contributed by atoms with van der Waals surface area (Å²) >= 11 is 5.97. The summed E-state index contributed by atoms with van der Waals surface area (Å²) in [6.45, 7) is 1.34. The number of carbonyl (C=O) groups excluding carboxylic acids is 1. The number of nitrogens with one attached hydrogen (secondary N) is 1. The third kappa shape index (κ3) is 4.46. The molecular formula is C19H15ClN4O7. The van der Waals surface area contributed by atoms with Crippen molar-refractivity contribution in [2.75, 3.05) is 7.11 Å². The van der Waals surface area contributed by atoms with Gasteiger partial charge in [-0.2, -0.15) is 5.10 Å². The smallest absolute Gasteiger partial charge is 0.349 e. The van der Waals surface area contributed by atoms with E-state index in [2.05, 4.69) is 14.8 Å². The number of benzene rings is 2. The molecule has 1 N–H and O–H groups in total. The lowest BCUT2D eigenvalue weighted by Gasteiger charge is -2.14. The van der Waals surface area contributed by atoms with Gasteiger partial charge in [0.05, 0.1) is 29.2 Å². The van der Waals surface area contributed by atoms with Gasteiger partial charge in [-0.15, -0.1) is 4.68 Å². The third-order valence-electron chi connectivity index (χ3n) is 4.18. The molecule has 0 saturated carbocycles. The number of aromatic amines is 1. The highest BCUT2D eigenvalue weighted by atomic mass is 35.5. The first-order valence-corrected chi connectivity index (χ1v) is 9.11. The third-order valence-corrected chi connectivity index (χ3v) is 4.40. The van der Waals surface area contributed by atoms with Crippen molar-refractivity contribution in [1.82, 2.24) is 9.66 Å². The normalized spacial score (nSPS) is 12.1. The molecule has 0 spiro atoms. The molecule has 0 fully saturated rings. The molecule has 0 aliphatic carbocycles. The van der Waals surface area contributed by atoms with Crippen molar-refractivity contribution in [3.8, 4) is 5.75 Å². The van der Waals surface area contributed by atoms with Gasteiger partial charge in [0.25, 0.3) is 5.56 Å². The molecule has 3 aromatic rings. The predicted octanol–water partition coefficient (Wildman–Crippen LogP) is 2.07. The minimum absolute atomic E-state index is 0.0222. The molecule has 0 radical (unpaired) electrons. The molecule has 0 aliphatic heterocycles. The number of aromatic nitrogens is 2. The zero-order chi connectivity index (χ0) is 22.7. The minimum Gasteiger partial charge on any atom is -0.471 e. The van der Waals surface area contributed by atoms with Crippen LogP contribution >= 0.6 is 11.6 Å². The number of methoxy groups -OCH3 is 1. The molecule has 1 aromatic heterocycles. The van der Waals surface area contributed by atoms with E-state index < -0.39 is 33.9 Å². The largest absolute Gasteiger partial charge is 0.471 e. The van der Waals surface area contributed by atoms with Crippen LogP contribution in [0.2, 0.25) is 5.02 Å². The highest BCUT2D eigenvalue weighted by Gasteiger charge is 2.25. The summed E-state index contributed by atoms with van der Waals surface area (Å²) in [5.41, 5.74) is -1.75. The monoisotopic (exact) mass is 446 g/mol. The lowest BCUT2D eigenvalue weighted by Crippen LogP contribution is -2.32. The zero-order valence-electron chi connectivity index (χ0n) is 16.2. The van der Waals surface area contributed by atoms with Gasteiger partial charge in [-0.1, -0.05) is 23.7 Å². The number of carbonyl (C=O) groups is 1. The van der Waals surface area contributed by atoms with Crippen molar-refractivity contribution in [2.24, 2.45) is 5.10 Å². The van der Waals surface area contributed by atoms with E-state index in [-0.39, 0.29) is 21.7 Å². The van der Waals surface area contributed by atoms with Gasteiger partial charge in [-0.3, -0.25) is 14.9 Å². The Morgan fingerprint density at radius 2 is 2.03 bits per heavy atom. The molecule has 160 valence electrons. The van der Waals surface area contributed by atoms with Crippen LogP contribution in [-0.2, 0) is 9.53 Å². The summed E-state index contributed by atoms with van der Waals surface area (Å²) in [4.78, 5) is 49.8. The van der Waals surface area contributed by atoms with Crippen LogP contribution in [0.1, 0.15) is 12.5 Å². The van der Waals surface area contributed by atoms with Crippen molar-refractivity contribution in [1.29, 1.82) is 0 Å². The fraction of sp³-hybridized carbons (Fsp3) is 0.158. The van der Waals surface area contributed by atoms with E-state index in [0.717, 1.165) is 19.4 Å². The summed E-state index contributed by atoms with van der Waals surface area (Å²) in [6, 6.07) is 8.66. The molecular weight excluding hydrogens is 432 g/mol. The SMILES string of the molecule is COC(=O)[C@@H](C)Oc1c(C=Nn2c(=O)[nH]c3ccccc3c2=O)cc(Cl)cc1[N+](=O)[O-]. The molecule has 12 heteroatoms. The van der Waals surface area contributed by atoms with Crippen LogP contribution in [0.25, 0.3) is 10.9 Å². The Balaban J connectivity index is 2.15. The second-order valence-electron chi connectivity index (χ2n) is 6.22. The quantitative estimate of drug-likeness (QED) is 0.264. The second kappa shape index (κ2) is 8.79. The first kappa shape index (κ1) is 21.7. The molecule has 0 unspecified atom stereocenters. The van der Waals surface area contributed by atoms with Gasteiger partial charge < -0.3 is 14.5 Å². The average Bonchev–Trinajstić information content (AvgIpc) is 2.74. The van der Waals surface area contributed by atoms with Gasteiger partial charge in [0.1, 0.15) is 0 Å². The fourth-order valence-electron chi connectivity index (χ4n) is 2.73. The van der Waals surface area contributed by atoms with Crippen molar-refractivity contribution in [3.63, 3.8) is 0 Å². The van der Waals surface area contributed by atoms with Crippen molar-refractivity contribution in [2.45, 2.75) is 13.0 Å². The number of fused-ring (bicyclic) bond motifs is 1. The molecule has 0 amide bonds. The number of H-pyrrole nitrogens is 1. The number of halogens is 1. The summed E-state index contributed by atoms with van der Waals surface area (Å²) in [5.74, 6) is -1.10. The van der Waals surface area contributed by atoms with Gasteiger partial charge in [0, 0.05) is 16.7 Å². The number of nitro benzene ring substituents is 1. The number of nitrogens with zero attached hydrogens (tertiary/aromatic N) is 3. The highest BCUT2D eigenvalue weighted by molar-refractivity contribution is 6.31. The number of hydrogen-bond donors (Lipinski definition) is 1. The zero-order valence-corrected chi connectivity index (χ0v) is 17.0. The Morgan fingerprint density at radius 3 is 2.71 bits per heavy atom. The first-order chi connectivity index (χ1) is 14.7. The minimum atomic E-state index is -1.19. The summed E-state index contributed by atoms with van der Waals surface area (Å²) in [7, 11) is 1.14. The number of rotatable bonds is 6. The molecule has 3 rings (SSSR count). The number of nitro groups is 1. The maximum Gasteiger partial charge on any atom is 0.349 e. The first-order valence-electron chi connectivity index (χ1n) is 8.73. The molecule has 11 nitrogen and oxygen atoms in total. The summed E-state index contributed by atoms with van der Waals surface area (Å²) < 4.78 is 10.5. The molecule has 0 bridgehead atoms. The van der Waals surface area contributed by atoms with Gasteiger partial charge >= 0.3 is 17.3 Å². The van der Waals surface area contributed by atoms with Crippen LogP contribution in [-0.4, -0.2) is 40.0 Å². The van der Waals surface area contributed by atoms with Gasteiger partial charge in [0.2, 0.25) is 5.75 Å². The number of esters is 1. The predicted molar refractivity (Wildman–Crippen MR) is 112 cm³/mol. The Bertz CT molecular complexity index is 1330. The van der Waals surface area contributed by atoms with E-state index in [0.29, 0.717) is 10.2 Å². The Labute approximate surface area is 178 Å². The van der Waals surface area contributed by atoms with Crippen LogP contribution in [0.15, 0.2) is 51.1 Å². The maximum atomic E-state index is 12.6. The van der Waals surface area contributed by atoms with Crippen molar-refractivity contribution in [3.05, 3.63) is 77.9 Å². The van der Waals surface area contributed by atoms with Crippen molar-refractivity contribution >= 4 is 40.4 Å². The van der Waals surface area contributed by atoms with E-state index in [1.807, 2.05) is 0 Å². The van der Waals surface area contributed by atoms with Crippen LogP contribution in [0, 0.1) is 10.1 Å². The van der Waals surface area contributed by atoms with Gasteiger partial charge in [-0.25, -0.2) is 9.59 Å². The van der Waals surface area contributed by atoms with Crippen molar-refractivity contribution < 1.29 is 19.2 Å². The lowest BCUT2D eigenvalue weighted by atomic mass is 10.2. The summed E-state index contributed by atoms with van der Waals surface area (Å²) in [5, 5.41) is 15.5. The molecule has 1 heterocycles. The molecule has 2 aromatic carbocycles. The maximum absolute atomic E-state index is 12.6. The van der Waals surface area contributed by atoms with E-state index >= 15 is 0 Å². The fourth-order valence-corrected chi connectivity index (χ4v) is 2.95. The standard InChI is InChI=1S/C19H15ClN4O7/c1-10(18(26)30-2)31-16-11(7-12(20)8-15(16)24(28)29)9-21-23-17(25)13-5-3-4-6-14(13)22-19(23)27/h3-10H,1-2H3,(H,22,27)/t10-/m1/s1. The van der Waals surface area contributed by atoms with Gasteiger partial charge in [-0.05, 0) is 25.1 Å².